The lowest BCUT2D eigenvalue weighted by atomic mass is 9.90. The average molecular weight is 339 g/mol. The summed E-state index contributed by atoms with van der Waals surface area (Å²) in [5.41, 5.74) is 3.90. The highest BCUT2D eigenvalue weighted by Gasteiger charge is 2.23. The maximum absolute atomic E-state index is 3.74. The molecule has 1 aliphatic heterocycles. The van der Waals surface area contributed by atoms with Crippen LogP contribution >= 0.6 is 15.9 Å². The van der Waals surface area contributed by atoms with E-state index >= 15 is 0 Å². The van der Waals surface area contributed by atoms with E-state index in [-0.39, 0.29) is 0 Å². The zero-order valence-electron chi connectivity index (χ0n) is 13.2. The summed E-state index contributed by atoms with van der Waals surface area (Å²) < 4.78 is 1.19. The number of hydrogen-bond donors (Lipinski definition) is 1. The Kier molecular flexibility index (Phi) is 5.50. The molecule has 3 heteroatoms. The van der Waals surface area contributed by atoms with Gasteiger partial charge in [0.25, 0.3) is 0 Å². The van der Waals surface area contributed by atoms with E-state index in [9.17, 15) is 0 Å². The summed E-state index contributed by atoms with van der Waals surface area (Å²) in [4.78, 5) is 2.55. The van der Waals surface area contributed by atoms with Crippen molar-refractivity contribution in [2.24, 2.45) is 5.92 Å². The number of nitrogens with one attached hydrogen (secondary N) is 1. The van der Waals surface area contributed by atoms with Crippen LogP contribution in [0.5, 0.6) is 0 Å². The Labute approximate surface area is 132 Å². The Morgan fingerprint density at radius 1 is 1.30 bits per heavy atom. The van der Waals surface area contributed by atoms with Gasteiger partial charge in [0.15, 0.2) is 0 Å². The molecule has 0 spiro atoms. The van der Waals surface area contributed by atoms with E-state index in [1.807, 2.05) is 0 Å². The first-order valence-electron chi connectivity index (χ1n) is 7.77. The first kappa shape index (κ1) is 15.8. The van der Waals surface area contributed by atoms with E-state index in [4.69, 9.17) is 0 Å². The molecule has 0 radical (unpaired) electrons. The molecule has 2 nitrogen and oxygen atoms in total. The van der Waals surface area contributed by atoms with Crippen LogP contribution in [-0.2, 0) is 0 Å². The van der Waals surface area contributed by atoms with Crippen LogP contribution < -0.4 is 5.32 Å². The number of piperidine rings is 1. The van der Waals surface area contributed by atoms with E-state index in [0.29, 0.717) is 6.04 Å². The van der Waals surface area contributed by atoms with Crippen molar-refractivity contribution in [2.45, 2.75) is 46.6 Å². The highest BCUT2D eigenvalue weighted by molar-refractivity contribution is 9.10. The number of halogens is 1. The van der Waals surface area contributed by atoms with Gasteiger partial charge in [0.2, 0.25) is 0 Å². The lowest BCUT2D eigenvalue weighted by Gasteiger charge is -2.35. The molecule has 0 saturated carbocycles. The third-order valence-electron chi connectivity index (χ3n) is 4.59. The van der Waals surface area contributed by atoms with Crippen molar-refractivity contribution in [1.82, 2.24) is 4.90 Å². The van der Waals surface area contributed by atoms with Crippen molar-refractivity contribution in [3.8, 4) is 0 Å². The molecule has 2 rings (SSSR count). The smallest absolute Gasteiger partial charge is 0.0516 e. The van der Waals surface area contributed by atoms with Gasteiger partial charge in [-0.3, -0.25) is 0 Å². The second-order valence-corrected chi connectivity index (χ2v) is 7.00. The Hall–Kier alpha value is -0.540. The van der Waals surface area contributed by atoms with E-state index < -0.39 is 0 Å². The highest BCUT2D eigenvalue weighted by atomic mass is 79.9. The lowest BCUT2D eigenvalue weighted by Crippen LogP contribution is -2.39. The Balaban J connectivity index is 2.00. The van der Waals surface area contributed by atoms with Gasteiger partial charge in [0, 0.05) is 10.5 Å². The van der Waals surface area contributed by atoms with Gasteiger partial charge < -0.3 is 10.2 Å². The van der Waals surface area contributed by atoms with E-state index in [1.54, 1.807) is 0 Å². The van der Waals surface area contributed by atoms with Gasteiger partial charge in [0.05, 0.1) is 5.69 Å². The van der Waals surface area contributed by atoms with Crippen LogP contribution in [0.3, 0.4) is 0 Å². The fourth-order valence-corrected chi connectivity index (χ4v) is 4.00. The number of rotatable bonds is 4. The lowest BCUT2D eigenvalue weighted by molar-refractivity contribution is 0.183. The summed E-state index contributed by atoms with van der Waals surface area (Å²) in [7, 11) is 0. The van der Waals surface area contributed by atoms with E-state index in [0.717, 1.165) is 5.92 Å². The summed E-state index contributed by atoms with van der Waals surface area (Å²) >= 11 is 3.70. The molecule has 1 N–H and O–H groups in total. The van der Waals surface area contributed by atoms with E-state index in [2.05, 4.69) is 66.0 Å². The fourth-order valence-electron chi connectivity index (χ4n) is 3.21. The monoisotopic (exact) mass is 338 g/mol. The third-order valence-corrected chi connectivity index (χ3v) is 5.22. The maximum atomic E-state index is 3.74. The van der Waals surface area contributed by atoms with Crippen molar-refractivity contribution in [3.63, 3.8) is 0 Å². The zero-order valence-corrected chi connectivity index (χ0v) is 14.8. The van der Waals surface area contributed by atoms with Gasteiger partial charge in [-0.1, -0.05) is 13.0 Å². The summed E-state index contributed by atoms with van der Waals surface area (Å²) in [6.45, 7) is 12.6. The first-order chi connectivity index (χ1) is 9.51. The first-order valence-corrected chi connectivity index (χ1v) is 8.56. The predicted octanol–water partition coefficient (Wildman–Crippen LogP) is 4.60. The number of benzene rings is 1. The quantitative estimate of drug-likeness (QED) is 0.863. The molecule has 1 atom stereocenters. The molecule has 112 valence electrons. The summed E-state index contributed by atoms with van der Waals surface area (Å²) in [5.74, 6) is 0.783. The van der Waals surface area contributed by atoms with Crippen molar-refractivity contribution in [3.05, 3.63) is 27.7 Å². The molecule has 20 heavy (non-hydrogen) atoms. The van der Waals surface area contributed by atoms with Crippen molar-refractivity contribution in [2.75, 3.05) is 25.0 Å². The van der Waals surface area contributed by atoms with Crippen LogP contribution in [0.1, 0.15) is 37.8 Å². The van der Waals surface area contributed by atoms with Crippen LogP contribution in [0.2, 0.25) is 0 Å². The van der Waals surface area contributed by atoms with Crippen LogP contribution in [-0.4, -0.2) is 30.6 Å². The van der Waals surface area contributed by atoms with Gasteiger partial charge >= 0.3 is 0 Å². The molecule has 1 unspecified atom stereocenters. The van der Waals surface area contributed by atoms with Gasteiger partial charge in [-0.05, 0) is 92.3 Å². The van der Waals surface area contributed by atoms with Crippen LogP contribution in [0.25, 0.3) is 0 Å². The fraction of sp³-hybridized carbons (Fsp3) is 0.647. The number of hydrogen-bond acceptors (Lipinski definition) is 2. The summed E-state index contributed by atoms with van der Waals surface area (Å²) in [5, 5.41) is 3.74. The largest absolute Gasteiger partial charge is 0.381 e. The molecule has 1 aromatic carbocycles. The molecule has 0 bridgehead atoms. The molecule has 0 aromatic heterocycles. The van der Waals surface area contributed by atoms with Crippen molar-refractivity contribution in [1.29, 1.82) is 0 Å². The van der Waals surface area contributed by atoms with Crippen LogP contribution in [0.4, 0.5) is 5.69 Å². The summed E-state index contributed by atoms with van der Waals surface area (Å²) in [6.07, 6.45) is 2.62. The standard InChI is InChI=1S/C17H27BrN2/c1-5-20-8-6-15(7-9-20)14(4)19-17-13(3)10-12(2)11-16(17)18/h10-11,14-15,19H,5-9H2,1-4H3. The molecule has 1 aliphatic rings. The number of anilines is 1. The molecule has 1 saturated heterocycles. The third kappa shape index (κ3) is 3.76. The minimum atomic E-state index is 0.534. The normalized spacial score (nSPS) is 19.1. The number of likely N-dealkylation sites (tertiary alicyclic amines) is 1. The number of aryl methyl sites for hydroxylation is 2. The van der Waals surface area contributed by atoms with E-state index in [1.165, 1.54) is 53.8 Å². The molecule has 1 heterocycles. The Bertz CT molecular complexity index is 427. The molecule has 1 fully saturated rings. The second kappa shape index (κ2) is 6.95. The second-order valence-electron chi connectivity index (χ2n) is 6.14. The SMILES string of the molecule is CCN1CCC(C(C)Nc2c(C)cc(C)cc2Br)CC1. The number of nitrogens with zero attached hydrogens (tertiary/aromatic N) is 1. The molecule has 0 aliphatic carbocycles. The average Bonchev–Trinajstić information content (AvgIpc) is 2.42. The highest BCUT2D eigenvalue weighted by Crippen LogP contribution is 2.31. The Morgan fingerprint density at radius 3 is 2.50 bits per heavy atom. The summed E-state index contributed by atoms with van der Waals surface area (Å²) in [6, 6.07) is 4.98. The minimum absolute atomic E-state index is 0.534. The maximum Gasteiger partial charge on any atom is 0.0516 e. The minimum Gasteiger partial charge on any atom is -0.381 e. The molecule has 1 aromatic rings. The molecular weight excluding hydrogens is 312 g/mol. The van der Waals surface area contributed by atoms with Crippen LogP contribution in [0.15, 0.2) is 16.6 Å². The zero-order chi connectivity index (χ0) is 14.7. The van der Waals surface area contributed by atoms with Gasteiger partial charge in [-0.15, -0.1) is 0 Å². The molecule has 0 amide bonds. The van der Waals surface area contributed by atoms with Crippen molar-refractivity contribution >= 4 is 21.6 Å². The predicted molar refractivity (Wildman–Crippen MR) is 91.5 cm³/mol. The van der Waals surface area contributed by atoms with Crippen molar-refractivity contribution < 1.29 is 0 Å². The van der Waals surface area contributed by atoms with Gasteiger partial charge in [0.1, 0.15) is 0 Å². The van der Waals surface area contributed by atoms with Gasteiger partial charge in [-0.2, -0.15) is 0 Å². The molecular formula is C17H27BrN2. The topological polar surface area (TPSA) is 15.3 Å². The Morgan fingerprint density at radius 2 is 1.95 bits per heavy atom. The van der Waals surface area contributed by atoms with Crippen LogP contribution in [0, 0.1) is 19.8 Å². The van der Waals surface area contributed by atoms with Gasteiger partial charge in [-0.25, -0.2) is 0 Å².